The van der Waals surface area contributed by atoms with Gasteiger partial charge in [-0.05, 0) is 30.2 Å². The van der Waals surface area contributed by atoms with Gasteiger partial charge in [-0.25, -0.2) is 0 Å². The highest BCUT2D eigenvalue weighted by Gasteiger charge is 2.01. The molecular formula is C15H17NO. The molecule has 17 heavy (non-hydrogen) atoms. The van der Waals surface area contributed by atoms with Crippen LogP contribution < -0.4 is 10.1 Å². The third-order valence-corrected chi connectivity index (χ3v) is 2.84. The first-order chi connectivity index (χ1) is 8.31. The van der Waals surface area contributed by atoms with Crippen LogP contribution in [0.5, 0.6) is 5.75 Å². The number of aryl methyl sites for hydroxylation is 1. The summed E-state index contributed by atoms with van der Waals surface area (Å²) in [7, 11) is 1.69. The molecule has 0 amide bonds. The van der Waals surface area contributed by atoms with Gasteiger partial charge >= 0.3 is 0 Å². The molecule has 0 saturated carbocycles. The molecule has 2 rings (SSSR count). The smallest absolute Gasteiger partial charge is 0.141 e. The second kappa shape index (κ2) is 5.39. The van der Waals surface area contributed by atoms with Crippen LogP contribution in [0.3, 0.4) is 0 Å². The Morgan fingerprint density at radius 2 is 1.71 bits per heavy atom. The van der Waals surface area contributed by atoms with E-state index in [1.165, 1.54) is 11.1 Å². The fourth-order valence-corrected chi connectivity index (χ4v) is 1.79. The minimum Gasteiger partial charge on any atom is -0.495 e. The average Bonchev–Trinajstić information content (AvgIpc) is 2.38. The standard InChI is InChI=1S/C15H17NO/c1-12-7-3-4-8-13(12)11-16-14-9-5-6-10-15(14)17-2/h3-10,16H,11H2,1-2H3. The molecule has 0 fully saturated rings. The maximum atomic E-state index is 5.30. The van der Waals surface area contributed by atoms with Crippen LogP contribution in [0.1, 0.15) is 11.1 Å². The number of para-hydroxylation sites is 2. The molecule has 2 nitrogen and oxygen atoms in total. The molecule has 0 aliphatic rings. The van der Waals surface area contributed by atoms with Crippen LogP contribution in [0.15, 0.2) is 48.5 Å². The Morgan fingerprint density at radius 3 is 2.47 bits per heavy atom. The number of nitrogens with one attached hydrogen (secondary N) is 1. The van der Waals surface area contributed by atoms with E-state index in [2.05, 4.69) is 36.5 Å². The summed E-state index contributed by atoms with van der Waals surface area (Å²) in [5.41, 5.74) is 3.63. The number of methoxy groups -OCH3 is 1. The minimum atomic E-state index is 0.813. The predicted molar refractivity (Wildman–Crippen MR) is 71.5 cm³/mol. The molecule has 1 N–H and O–H groups in total. The van der Waals surface area contributed by atoms with E-state index in [1.807, 2.05) is 24.3 Å². The Balaban J connectivity index is 2.10. The number of benzene rings is 2. The van der Waals surface area contributed by atoms with E-state index in [1.54, 1.807) is 7.11 Å². The van der Waals surface area contributed by atoms with Crippen molar-refractivity contribution in [2.45, 2.75) is 13.5 Å². The van der Waals surface area contributed by atoms with Crippen molar-refractivity contribution in [3.63, 3.8) is 0 Å². The lowest BCUT2D eigenvalue weighted by molar-refractivity contribution is 0.416. The van der Waals surface area contributed by atoms with Crippen molar-refractivity contribution in [2.24, 2.45) is 0 Å². The van der Waals surface area contributed by atoms with E-state index in [4.69, 9.17) is 4.74 Å². The first kappa shape index (κ1) is 11.5. The SMILES string of the molecule is COc1ccccc1NCc1ccccc1C. The molecule has 2 heteroatoms. The summed E-state index contributed by atoms with van der Waals surface area (Å²) in [6.07, 6.45) is 0. The van der Waals surface area contributed by atoms with Gasteiger partial charge < -0.3 is 10.1 Å². The van der Waals surface area contributed by atoms with E-state index in [0.717, 1.165) is 18.0 Å². The van der Waals surface area contributed by atoms with Crippen LogP contribution >= 0.6 is 0 Å². The lowest BCUT2D eigenvalue weighted by atomic mass is 10.1. The van der Waals surface area contributed by atoms with Crippen LogP contribution in [0.25, 0.3) is 0 Å². The van der Waals surface area contributed by atoms with Gasteiger partial charge in [0.15, 0.2) is 0 Å². The molecule has 88 valence electrons. The lowest BCUT2D eigenvalue weighted by Crippen LogP contribution is -2.02. The number of anilines is 1. The first-order valence-corrected chi connectivity index (χ1v) is 5.72. The van der Waals surface area contributed by atoms with Crippen molar-refractivity contribution in [2.75, 3.05) is 12.4 Å². The second-order valence-electron chi connectivity index (χ2n) is 3.98. The van der Waals surface area contributed by atoms with Gasteiger partial charge in [0.1, 0.15) is 5.75 Å². The Bertz CT molecular complexity index is 494. The number of ether oxygens (including phenoxy) is 1. The van der Waals surface area contributed by atoms with Crippen molar-refractivity contribution < 1.29 is 4.74 Å². The zero-order valence-corrected chi connectivity index (χ0v) is 10.2. The summed E-state index contributed by atoms with van der Waals surface area (Å²) in [5.74, 6) is 0.876. The topological polar surface area (TPSA) is 21.3 Å². The third-order valence-electron chi connectivity index (χ3n) is 2.84. The molecule has 2 aromatic rings. The zero-order chi connectivity index (χ0) is 12.1. The van der Waals surface area contributed by atoms with Gasteiger partial charge in [-0.15, -0.1) is 0 Å². The predicted octanol–water partition coefficient (Wildman–Crippen LogP) is 3.62. The normalized spacial score (nSPS) is 10.0. The molecule has 0 heterocycles. The molecule has 0 atom stereocenters. The summed E-state index contributed by atoms with van der Waals surface area (Å²) in [6, 6.07) is 16.3. The van der Waals surface area contributed by atoms with Gasteiger partial charge in [-0.2, -0.15) is 0 Å². The van der Waals surface area contributed by atoms with Gasteiger partial charge in [0, 0.05) is 6.54 Å². The molecule has 0 aromatic heterocycles. The van der Waals surface area contributed by atoms with Crippen LogP contribution in [0.4, 0.5) is 5.69 Å². The second-order valence-corrected chi connectivity index (χ2v) is 3.98. The molecule has 0 spiro atoms. The van der Waals surface area contributed by atoms with Crippen LogP contribution in [-0.2, 0) is 6.54 Å². The molecule has 0 aliphatic carbocycles. The molecule has 0 radical (unpaired) electrons. The monoisotopic (exact) mass is 227 g/mol. The Labute approximate surface area is 102 Å². The average molecular weight is 227 g/mol. The number of rotatable bonds is 4. The van der Waals surface area contributed by atoms with E-state index < -0.39 is 0 Å². The van der Waals surface area contributed by atoms with Gasteiger partial charge in [0.25, 0.3) is 0 Å². The first-order valence-electron chi connectivity index (χ1n) is 5.72. The highest BCUT2D eigenvalue weighted by atomic mass is 16.5. The fraction of sp³-hybridized carbons (Fsp3) is 0.200. The minimum absolute atomic E-state index is 0.813. The lowest BCUT2D eigenvalue weighted by Gasteiger charge is -2.12. The summed E-state index contributed by atoms with van der Waals surface area (Å²) >= 11 is 0. The van der Waals surface area contributed by atoms with Crippen LogP contribution in [0.2, 0.25) is 0 Å². The summed E-state index contributed by atoms with van der Waals surface area (Å²) in [5, 5.41) is 3.40. The Morgan fingerprint density at radius 1 is 1.00 bits per heavy atom. The number of hydrogen-bond acceptors (Lipinski definition) is 2. The molecule has 0 unspecified atom stereocenters. The maximum absolute atomic E-state index is 5.30. The quantitative estimate of drug-likeness (QED) is 0.861. The molecular weight excluding hydrogens is 210 g/mol. The highest BCUT2D eigenvalue weighted by Crippen LogP contribution is 2.23. The fourth-order valence-electron chi connectivity index (χ4n) is 1.79. The van der Waals surface area contributed by atoms with Crippen molar-refractivity contribution in [1.82, 2.24) is 0 Å². The van der Waals surface area contributed by atoms with Crippen molar-refractivity contribution >= 4 is 5.69 Å². The molecule has 0 bridgehead atoms. The highest BCUT2D eigenvalue weighted by molar-refractivity contribution is 5.56. The summed E-state index contributed by atoms with van der Waals surface area (Å²) in [4.78, 5) is 0. The van der Waals surface area contributed by atoms with E-state index in [9.17, 15) is 0 Å². The number of hydrogen-bond donors (Lipinski definition) is 1. The van der Waals surface area contributed by atoms with E-state index in [-0.39, 0.29) is 0 Å². The van der Waals surface area contributed by atoms with Gasteiger partial charge in [0.2, 0.25) is 0 Å². The summed E-state index contributed by atoms with van der Waals surface area (Å²) in [6.45, 7) is 2.94. The van der Waals surface area contributed by atoms with Crippen molar-refractivity contribution in [1.29, 1.82) is 0 Å². The van der Waals surface area contributed by atoms with Crippen molar-refractivity contribution in [3.05, 3.63) is 59.7 Å². The largest absolute Gasteiger partial charge is 0.495 e. The molecule has 0 aliphatic heterocycles. The zero-order valence-electron chi connectivity index (χ0n) is 10.2. The Hall–Kier alpha value is -1.96. The summed E-state index contributed by atoms with van der Waals surface area (Å²) < 4.78 is 5.30. The van der Waals surface area contributed by atoms with Crippen LogP contribution in [-0.4, -0.2) is 7.11 Å². The third kappa shape index (κ3) is 2.78. The van der Waals surface area contributed by atoms with E-state index >= 15 is 0 Å². The van der Waals surface area contributed by atoms with Gasteiger partial charge in [-0.3, -0.25) is 0 Å². The van der Waals surface area contributed by atoms with E-state index in [0.29, 0.717) is 0 Å². The molecule has 0 saturated heterocycles. The van der Waals surface area contributed by atoms with Crippen LogP contribution in [0, 0.1) is 6.92 Å². The maximum Gasteiger partial charge on any atom is 0.141 e. The van der Waals surface area contributed by atoms with Gasteiger partial charge in [-0.1, -0.05) is 36.4 Å². The van der Waals surface area contributed by atoms with Crippen molar-refractivity contribution in [3.8, 4) is 5.75 Å². The Kier molecular flexibility index (Phi) is 3.66. The molecule has 2 aromatic carbocycles. The van der Waals surface area contributed by atoms with Gasteiger partial charge in [0.05, 0.1) is 12.8 Å².